The molecule has 1 unspecified atom stereocenters. The number of nitriles is 1. The van der Waals surface area contributed by atoms with Crippen LogP contribution in [0.25, 0.3) is 10.9 Å². The van der Waals surface area contributed by atoms with E-state index >= 15 is 0 Å². The Labute approximate surface area is 229 Å². The van der Waals surface area contributed by atoms with E-state index in [2.05, 4.69) is 10.6 Å². The van der Waals surface area contributed by atoms with Gasteiger partial charge in [0.1, 0.15) is 6.07 Å². The monoisotopic (exact) mass is 548 g/mol. The van der Waals surface area contributed by atoms with Gasteiger partial charge in [-0.05, 0) is 69.1 Å². The first kappa shape index (κ1) is 26.7. The summed E-state index contributed by atoms with van der Waals surface area (Å²) in [5.74, 6) is -0.865. The van der Waals surface area contributed by atoms with Crippen molar-refractivity contribution in [3.8, 4) is 6.07 Å². The van der Waals surface area contributed by atoms with Gasteiger partial charge in [-0.2, -0.15) is 5.26 Å². The predicted molar refractivity (Wildman–Crippen MR) is 148 cm³/mol. The van der Waals surface area contributed by atoms with Gasteiger partial charge in [0.25, 0.3) is 11.5 Å². The second kappa shape index (κ2) is 10.7. The zero-order valence-electron chi connectivity index (χ0n) is 21.7. The van der Waals surface area contributed by atoms with Gasteiger partial charge in [-0.15, -0.1) is 0 Å². The molecular formula is C28H29ClN6O4. The smallest absolute Gasteiger partial charge is 0.331 e. The molecule has 39 heavy (non-hydrogen) atoms. The maximum Gasteiger partial charge on any atom is 0.331 e. The lowest BCUT2D eigenvalue weighted by atomic mass is 10.0. The molecular weight excluding hydrogens is 520 g/mol. The van der Waals surface area contributed by atoms with Gasteiger partial charge in [0.15, 0.2) is 0 Å². The van der Waals surface area contributed by atoms with Crippen LogP contribution in [0.3, 0.4) is 0 Å². The van der Waals surface area contributed by atoms with Crippen LogP contribution in [0.2, 0.25) is 5.02 Å². The van der Waals surface area contributed by atoms with Crippen molar-refractivity contribution in [2.24, 2.45) is 11.8 Å². The zero-order chi connectivity index (χ0) is 27.8. The second-order valence-electron chi connectivity index (χ2n) is 10.3. The average Bonchev–Trinajstić information content (AvgIpc) is 3.66. The molecule has 0 radical (unpaired) electrons. The van der Waals surface area contributed by atoms with Crippen LogP contribution in [-0.2, 0) is 17.9 Å². The number of rotatable bonds is 7. The Hall–Kier alpha value is -3.94. The van der Waals surface area contributed by atoms with E-state index in [4.69, 9.17) is 16.9 Å². The molecule has 10 nitrogen and oxygen atoms in total. The molecule has 11 heteroatoms. The number of fused-ring (bicyclic) bond motifs is 1. The molecule has 1 saturated carbocycles. The van der Waals surface area contributed by atoms with Gasteiger partial charge in [-0.3, -0.25) is 23.5 Å². The lowest BCUT2D eigenvalue weighted by Gasteiger charge is -2.20. The molecule has 202 valence electrons. The van der Waals surface area contributed by atoms with E-state index in [1.54, 1.807) is 22.8 Å². The van der Waals surface area contributed by atoms with Gasteiger partial charge in [-0.25, -0.2) is 4.79 Å². The standard InChI is InChI=1S/C28H29ClN6O4/c1-3-34-24-9-8-19(11-20(24)27(38)35(28(34)39)13-16-4-5-16)31-26(37)21-14-33(2)15-23(21)32-25(36)17-6-7-18(12-30)22(29)10-17/h6-11,16,21,23H,3-5,13-15H2,1-2H3,(H,31,37)(H,32,36)/t21?,23-/m1/s1. The molecule has 2 atom stereocenters. The Balaban J connectivity index is 1.37. The normalized spacial score (nSPS) is 19.1. The number of anilines is 1. The third kappa shape index (κ3) is 5.33. The van der Waals surface area contributed by atoms with Crippen molar-refractivity contribution in [2.75, 3.05) is 25.5 Å². The van der Waals surface area contributed by atoms with Crippen LogP contribution in [0, 0.1) is 23.2 Å². The summed E-state index contributed by atoms with van der Waals surface area (Å²) >= 11 is 6.08. The van der Waals surface area contributed by atoms with Crippen LogP contribution in [-0.4, -0.2) is 52.0 Å². The highest BCUT2D eigenvalue weighted by Crippen LogP contribution is 2.30. The third-order valence-electron chi connectivity index (χ3n) is 7.45. The molecule has 1 saturated heterocycles. The molecule has 3 aromatic rings. The number of carbonyl (C=O) groups is 2. The highest BCUT2D eigenvalue weighted by Gasteiger charge is 2.37. The van der Waals surface area contributed by atoms with Gasteiger partial charge >= 0.3 is 5.69 Å². The number of aromatic nitrogens is 2. The van der Waals surface area contributed by atoms with E-state index in [0.29, 0.717) is 54.3 Å². The van der Waals surface area contributed by atoms with Gasteiger partial charge in [0, 0.05) is 37.4 Å². The van der Waals surface area contributed by atoms with Crippen molar-refractivity contribution in [1.29, 1.82) is 5.26 Å². The lowest BCUT2D eigenvalue weighted by molar-refractivity contribution is -0.119. The van der Waals surface area contributed by atoms with Gasteiger partial charge in [0.05, 0.1) is 33.4 Å². The highest BCUT2D eigenvalue weighted by molar-refractivity contribution is 6.32. The van der Waals surface area contributed by atoms with E-state index in [0.717, 1.165) is 12.8 Å². The number of halogens is 1. The fraction of sp³-hybridized carbons (Fsp3) is 0.393. The van der Waals surface area contributed by atoms with E-state index in [1.807, 2.05) is 24.9 Å². The van der Waals surface area contributed by atoms with Crippen molar-refractivity contribution in [2.45, 2.75) is 38.9 Å². The van der Waals surface area contributed by atoms with Crippen LogP contribution >= 0.6 is 11.6 Å². The van der Waals surface area contributed by atoms with Crippen molar-refractivity contribution >= 4 is 40.0 Å². The van der Waals surface area contributed by atoms with E-state index in [1.165, 1.54) is 22.8 Å². The summed E-state index contributed by atoms with van der Waals surface area (Å²) in [6.45, 7) is 3.60. The number of carbonyl (C=O) groups excluding carboxylic acids is 2. The molecule has 2 aliphatic rings. The molecule has 1 aromatic heterocycles. The Morgan fingerprint density at radius 1 is 1.10 bits per heavy atom. The van der Waals surface area contributed by atoms with E-state index in [-0.39, 0.29) is 33.6 Å². The minimum atomic E-state index is -0.542. The molecule has 0 spiro atoms. The Kier molecular flexibility index (Phi) is 7.30. The minimum Gasteiger partial charge on any atom is -0.347 e. The first-order valence-electron chi connectivity index (χ1n) is 13.0. The topological polar surface area (TPSA) is 129 Å². The van der Waals surface area contributed by atoms with Crippen molar-refractivity contribution < 1.29 is 9.59 Å². The van der Waals surface area contributed by atoms with Crippen LogP contribution < -0.4 is 21.9 Å². The number of likely N-dealkylation sites (tertiary alicyclic amines) is 1. The van der Waals surface area contributed by atoms with Gasteiger partial charge < -0.3 is 15.5 Å². The summed E-state index contributed by atoms with van der Waals surface area (Å²) < 4.78 is 2.89. The number of likely N-dealkylation sites (N-methyl/N-ethyl adjacent to an activating group) is 1. The summed E-state index contributed by atoms with van der Waals surface area (Å²) in [6.07, 6.45) is 2.02. The summed E-state index contributed by atoms with van der Waals surface area (Å²) in [4.78, 5) is 54.4. The minimum absolute atomic E-state index is 0.184. The van der Waals surface area contributed by atoms with Crippen molar-refractivity contribution in [3.05, 3.63) is 73.4 Å². The summed E-state index contributed by atoms with van der Waals surface area (Å²) in [5.41, 5.74) is 0.888. The van der Waals surface area contributed by atoms with Crippen molar-refractivity contribution in [1.82, 2.24) is 19.4 Å². The molecule has 2 aromatic carbocycles. The number of benzene rings is 2. The largest absolute Gasteiger partial charge is 0.347 e. The molecule has 5 rings (SSSR count). The second-order valence-corrected chi connectivity index (χ2v) is 10.7. The Morgan fingerprint density at radius 3 is 2.54 bits per heavy atom. The Morgan fingerprint density at radius 2 is 1.87 bits per heavy atom. The molecule has 2 N–H and O–H groups in total. The first-order valence-corrected chi connectivity index (χ1v) is 13.3. The SMILES string of the molecule is CCn1c(=O)n(CC2CC2)c(=O)c2cc(NC(=O)C3CN(C)C[C@H]3NC(=O)c3ccc(C#N)c(Cl)c3)ccc21. The number of aryl methyl sites for hydroxylation is 1. The predicted octanol–water partition coefficient (Wildman–Crippen LogP) is 2.42. The molecule has 2 heterocycles. The van der Waals surface area contributed by atoms with Crippen LogP contribution in [0.1, 0.15) is 35.7 Å². The molecule has 1 aliphatic carbocycles. The molecule has 1 aliphatic heterocycles. The number of hydrogen-bond acceptors (Lipinski definition) is 6. The van der Waals surface area contributed by atoms with Crippen LogP contribution in [0.4, 0.5) is 5.69 Å². The quantitative estimate of drug-likeness (QED) is 0.466. The summed E-state index contributed by atoms with van der Waals surface area (Å²) in [7, 11) is 1.87. The zero-order valence-corrected chi connectivity index (χ0v) is 22.5. The van der Waals surface area contributed by atoms with Gasteiger partial charge in [0.2, 0.25) is 5.91 Å². The maximum absolute atomic E-state index is 13.4. The number of amides is 2. The summed E-state index contributed by atoms with van der Waals surface area (Å²) in [6, 6.07) is 10.9. The third-order valence-corrected chi connectivity index (χ3v) is 7.77. The highest BCUT2D eigenvalue weighted by atomic mass is 35.5. The maximum atomic E-state index is 13.4. The fourth-order valence-electron chi connectivity index (χ4n) is 5.17. The Bertz CT molecular complexity index is 1630. The number of hydrogen-bond donors (Lipinski definition) is 2. The van der Waals surface area contributed by atoms with Gasteiger partial charge in [-0.1, -0.05) is 11.6 Å². The van der Waals surface area contributed by atoms with Crippen molar-refractivity contribution in [3.63, 3.8) is 0 Å². The first-order chi connectivity index (χ1) is 18.7. The number of nitrogens with one attached hydrogen (secondary N) is 2. The fourth-order valence-corrected chi connectivity index (χ4v) is 5.40. The average molecular weight is 549 g/mol. The molecule has 2 fully saturated rings. The molecule has 2 amide bonds. The van der Waals surface area contributed by atoms with Crippen LogP contribution in [0.5, 0.6) is 0 Å². The number of nitrogens with zero attached hydrogens (tertiary/aromatic N) is 4. The summed E-state index contributed by atoms with van der Waals surface area (Å²) in [5, 5.41) is 15.5. The molecule has 0 bridgehead atoms. The van der Waals surface area contributed by atoms with E-state index < -0.39 is 12.0 Å². The van der Waals surface area contributed by atoms with Crippen LogP contribution in [0.15, 0.2) is 46.0 Å². The van der Waals surface area contributed by atoms with E-state index in [9.17, 15) is 19.2 Å². The lowest BCUT2D eigenvalue weighted by Crippen LogP contribution is -2.44.